The quantitative estimate of drug-likeness (QED) is 0.207. The van der Waals surface area contributed by atoms with Gasteiger partial charge in [0.05, 0.1) is 0 Å². The molecule has 1 aromatic rings. The molecule has 0 radical (unpaired) electrons. The molecule has 0 heterocycles. The smallest absolute Gasteiger partial charge is 0.239 e. The van der Waals surface area contributed by atoms with Crippen molar-refractivity contribution >= 4 is 21.9 Å². The molecule has 0 aliphatic heterocycles. The van der Waals surface area contributed by atoms with Crippen LogP contribution >= 0.6 is 0 Å². The van der Waals surface area contributed by atoms with Gasteiger partial charge in [-0.15, -0.1) is 0 Å². The van der Waals surface area contributed by atoms with Gasteiger partial charge in [-0.25, -0.2) is 0 Å². The van der Waals surface area contributed by atoms with Crippen LogP contribution in [0.1, 0.15) is 66.2 Å². The van der Waals surface area contributed by atoms with Crippen molar-refractivity contribution in [2.75, 3.05) is 33.3 Å². The molecular formula is C25H50N2OSi2. The highest BCUT2D eigenvalue weighted by Crippen LogP contribution is 2.25. The van der Waals surface area contributed by atoms with Crippen LogP contribution in [-0.4, -0.2) is 59.1 Å². The number of hydrogen-bond donors (Lipinski definition) is 0. The second kappa shape index (κ2) is 14.6. The van der Waals surface area contributed by atoms with Gasteiger partial charge in [-0.3, -0.25) is 0 Å². The average molecular weight is 451 g/mol. The highest BCUT2D eigenvalue weighted by Gasteiger charge is 2.44. The fourth-order valence-electron chi connectivity index (χ4n) is 4.96. The number of rotatable bonds is 17. The molecule has 0 saturated heterocycles. The summed E-state index contributed by atoms with van der Waals surface area (Å²) in [6.07, 6.45) is 8.19. The van der Waals surface area contributed by atoms with E-state index in [0.717, 1.165) is 26.2 Å². The van der Waals surface area contributed by atoms with Crippen molar-refractivity contribution in [3.05, 3.63) is 30.3 Å². The second-order valence-electron chi connectivity index (χ2n) is 9.11. The highest BCUT2D eigenvalue weighted by molar-refractivity contribution is 6.87. The summed E-state index contributed by atoms with van der Waals surface area (Å²) >= 11 is 0. The monoisotopic (exact) mass is 450 g/mol. The lowest BCUT2D eigenvalue weighted by Gasteiger charge is -2.48. The first-order valence-corrected chi connectivity index (χ1v) is 17.7. The summed E-state index contributed by atoms with van der Waals surface area (Å²) in [7, 11) is -1.35. The predicted octanol–water partition coefficient (Wildman–Crippen LogP) is 6.21. The van der Waals surface area contributed by atoms with Crippen LogP contribution in [0, 0.1) is 0 Å². The molecule has 1 rings (SSSR count). The molecule has 1 aromatic carbocycles. The zero-order chi connectivity index (χ0) is 22.5. The molecule has 0 saturated carbocycles. The van der Waals surface area contributed by atoms with Gasteiger partial charge in [0, 0.05) is 7.11 Å². The molecule has 0 atom stereocenters. The average Bonchev–Trinajstić information content (AvgIpc) is 2.77. The molecule has 0 aliphatic rings. The van der Waals surface area contributed by atoms with Gasteiger partial charge in [-0.2, -0.15) is 0 Å². The molecule has 5 heteroatoms. The summed E-state index contributed by atoms with van der Waals surface area (Å²) < 4.78 is 11.3. The topological polar surface area (TPSA) is 15.7 Å². The van der Waals surface area contributed by atoms with Gasteiger partial charge in [0.2, 0.25) is 8.40 Å². The van der Waals surface area contributed by atoms with E-state index in [-0.39, 0.29) is 0 Å². The largest absolute Gasteiger partial charge is 0.420 e. The van der Waals surface area contributed by atoms with Crippen LogP contribution in [0.25, 0.3) is 0 Å². The van der Waals surface area contributed by atoms with Crippen LogP contribution in [0.2, 0.25) is 25.2 Å². The zero-order valence-electron chi connectivity index (χ0n) is 21.2. The fraction of sp³-hybridized carbons (Fsp3) is 0.760. The van der Waals surface area contributed by atoms with E-state index in [0.29, 0.717) is 0 Å². The molecule has 3 nitrogen and oxygen atoms in total. The molecule has 0 aliphatic carbocycles. The molecule has 0 spiro atoms. The van der Waals surface area contributed by atoms with Gasteiger partial charge in [-0.1, -0.05) is 96.6 Å². The Labute approximate surface area is 190 Å². The Hall–Kier alpha value is -0.466. The van der Waals surface area contributed by atoms with E-state index in [4.69, 9.17) is 4.43 Å². The molecule has 0 amide bonds. The van der Waals surface area contributed by atoms with E-state index in [1.807, 2.05) is 7.11 Å². The van der Waals surface area contributed by atoms with Crippen molar-refractivity contribution in [2.45, 2.75) is 91.4 Å². The van der Waals surface area contributed by atoms with Crippen molar-refractivity contribution in [1.82, 2.24) is 9.13 Å². The maximum absolute atomic E-state index is 5.68. The standard InChI is InChI=1S/C25H50N2OSi2/c1-8-26(9-2)30(27(10-3)11-4,25-21-17-16-18-22-25)24-20-15-13-12-14-19-23-29(6,7)28-5/h16-18,21-22H,8-15,19-20,23-24H2,1-7H3. The minimum atomic E-state index is -1.88. The summed E-state index contributed by atoms with van der Waals surface area (Å²) in [5.41, 5.74) is 0. The number of unbranched alkanes of at least 4 members (excludes halogenated alkanes) is 5. The van der Waals surface area contributed by atoms with Crippen LogP contribution in [0.4, 0.5) is 0 Å². The third-order valence-electron chi connectivity index (χ3n) is 6.92. The summed E-state index contributed by atoms with van der Waals surface area (Å²) in [6, 6.07) is 14.1. The number of benzene rings is 1. The van der Waals surface area contributed by atoms with E-state index in [9.17, 15) is 0 Å². The molecule has 0 aromatic heterocycles. The second-order valence-corrected chi connectivity index (χ2v) is 17.5. The van der Waals surface area contributed by atoms with Crippen LogP contribution in [0.3, 0.4) is 0 Å². The van der Waals surface area contributed by atoms with Gasteiger partial charge >= 0.3 is 0 Å². The Kier molecular flexibility index (Phi) is 13.4. The van der Waals surface area contributed by atoms with Crippen molar-refractivity contribution in [3.8, 4) is 0 Å². The first-order valence-electron chi connectivity index (χ1n) is 12.5. The lowest BCUT2D eigenvalue weighted by Crippen LogP contribution is -2.72. The minimum absolute atomic E-state index is 1.15. The summed E-state index contributed by atoms with van der Waals surface area (Å²) in [5.74, 6) is 0. The first kappa shape index (κ1) is 27.6. The van der Waals surface area contributed by atoms with Crippen LogP contribution < -0.4 is 5.19 Å². The predicted molar refractivity (Wildman–Crippen MR) is 139 cm³/mol. The van der Waals surface area contributed by atoms with E-state index in [1.54, 1.807) is 5.19 Å². The minimum Gasteiger partial charge on any atom is -0.420 e. The van der Waals surface area contributed by atoms with E-state index < -0.39 is 16.7 Å². The Morgan fingerprint density at radius 1 is 0.667 bits per heavy atom. The van der Waals surface area contributed by atoms with Crippen molar-refractivity contribution < 1.29 is 4.43 Å². The Morgan fingerprint density at radius 3 is 1.53 bits per heavy atom. The summed E-state index contributed by atoms with van der Waals surface area (Å²) in [4.78, 5) is 0. The fourth-order valence-corrected chi connectivity index (χ4v) is 11.9. The van der Waals surface area contributed by atoms with Crippen molar-refractivity contribution in [1.29, 1.82) is 0 Å². The molecular weight excluding hydrogens is 400 g/mol. The molecule has 174 valence electrons. The maximum atomic E-state index is 5.68. The van der Waals surface area contributed by atoms with Crippen molar-refractivity contribution in [2.24, 2.45) is 0 Å². The first-order chi connectivity index (χ1) is 14.4. The zero-order valence-corrected chi connectivity index (χ0v) is 23.2. The molecule has 0 bridgehead atoms. The third-order valence-corrected chi connectivity index (χ3v) is 15.2. The number of hydrogen-bond acceptors (Lipinski definition) is 3. The lowest BCUT2D eigenvalue weighted by molar-refractivity contribution is 0.358. The van der Waals surface area contributed by atoms with Gasteiger partial charge in [0.1, 0.15) is 0 Å². The van der Waals surface area contributed by atoms with Gasteiger partial charge in [-0.05, 0) is 56.5 Å². The highest BCUT2D eigenvalue weighted by atomic mass is 28.4. The molecule has 0 N–H and O–H groups in total. The SMILES string of the molecule is CCN(CC)[Si](CCCCCCCC[Si](C)(C)OC)(c1ccccc1)N(CC)CC. The maximum Gasteiger partial charge on any atom is 0.239 e. The van der Waals surface area contributed by atoms with E-state index in [2.05, 4.69) is 80.3 Å². The molecule has 30 heavy (non-hydrogen) atoms. The van der Waals surface area contributed by atoms with Gasteiger partial charge in [0.25, 0.3) is 0 Å². The Morgan fingerprint density at radius 2 is 1.10 bits per heavy atom. The molecule has 0 fully saturated rings. The Balaban J connectivity index is 2.75. The summed E-state index contributed by atoms with van der Waals surface area (Å²) in [5, 5.41) is 1.60. The van der Waals surface area contributed by atoms with Gasteiger partial charge < -0.3 is 13.6 Å². The van der Waals surface area contributed by atoms with Crippen LogP contribution in [0.5, 0.6) is 0 Å². The van der Waals surface area contributed by atoms with Gasteiger partial charge in [0.15, 0.2) is 8.32 Å². The Bertz CT molecular complexity index is 533. The van der Waals surface area contributed by atoms with E-state index >= 15 is 0 Å². The lowest BCUT2D eigenvalue weighted by atomic mass is 10.1. The van der Waals surface area contributed by atoms with Crippen molar-refractivity contribution in [3.63, 3.8) is 0 Å². The normalized spacial score (nSPS) is 12.8. The summed E-state index contributed by atoms with van der Waals surface area (Å²) in [6.45, 7) is 18.7. The molecule has 0 unspecified atom stereocenters. The van der Waals surface area contributed by atoms with Crippen LogP contribution in [0.15, 0.2) is 30.3 Å². The number of nitrogens with zero attached hydrogens (tertiary/aromatic N) is 2. The van der Waals surface area contributed by atoms with Crippen LogP contribution in [-0.2, 0) is 4.43 Å². The van der Waals surface area contributed by atoms with E-state index in [1.165, 1.54) is 50.6 Å². The third kappa shape index (κ3) is 7.90.